The van der Waals surface area contributed by atoms with Crippen LogP contribution in [-0.2, 0) is 11.2 Å². The molecule has 0 bridgehead atoms. The Labute approximate surface area is 76.2 Å². The fraction of sp³-hybridized carbons (Fsp3) is 0.556. The first kappa shape index (κ1) is 8.29. The molecule has 1 saturated carbocycles. The Balaban J connectivity index is 2.22. The van der Waals surface area contributed by atoms with Crippen LogP contribution in [0.25, 0.3) is 0 Å². The zero-order chi connectivity index (χ0) is 9.42. The normalized spacial score (nSPS) is 16.1. The molecule has 0 atom stereocenters. The van der Waals surface area contributed by atoms with E-state index in [1.807, 2.05) is 11.6 Å². The van der Waals surface area contributed by atoms with E-state index in [9.17, 15) is 4.79 Å². The first-order valence-electron chi connectivity index (χ1n) is 4.43. The molecule has 0 saturated heterocycles. The number of aromatic nitrogens is 2. The predicted octanol–water partition coefficient (Wildman–Crippen LogP) is 1.15. The molecule has 1 aliphatic rings. The van der Waals surface area contributed by atoms with Crippen molar-refractivity contribution in [1.29, 1.82) is 0 Å². The van der Waals surface area contributed by atoms with E-state index < -0.39 is 5.97 Å². The minimum absolute atomic E-state index is 0.0819. The lowest BCUT2D eigenvalue weighted by Gasteiger charge is -2.01. The Morgan fingerprint density at radius 1 is 1.77 bits per heavy atom. The highest BCUT2D eigenvalue weighted by molar-refractivity contribution is 5.70. The number of carbonyl (C=O) groups is 1. The first-order chi connectivity index (χ1) is 6.18. The highest BCUT2D eigenvalue weighted by atomic mass is 16.4. The molecule has 1 fully saturated rings. The number of hydrogen-bond donors (Lipinski definition) is 1. The average Bonchev–Trinajstić information content (AvgIpc) is 2.81. The van der Waals surface area contributed by atoms with Crippen LogP contribution in [0.2, 0.25) is 0 Å². The molecule has 0 spiro atoms. The minimum atomic E-state index is -0.793. The van der Waals surface area contributed by atoms with Gasteiger partial charge >= 0.3 is 5.97 Å². The Morgan fingerprint density at radius 2 is 2.46 bits per heavy atom. The molecule has 0 aliphatic heterocycles. The van der Waals surface area contributed by atoms with Gasteiger partial charge in [-0.1, -0.05) is 0 Å². The summed E-state index contributed by atoms with van der Waals surface area (Å²) in [4.78, 5) is 10.5. The van der Waals surface area contributed by atoms with Crippen molar-refractivity contribution >= 4 is 5.97 Å². The first-order valence-corrected chi connectivity index (χ1v) is 4.43. The van der Waals surface area contributed by atoms with Gasteiger partial charge in [-0.25, -0.2) is 0 Å². The van der Waals surface area contributed by atoms with Crippen molar-refractivity contribution in [2.24, 2.45) is 0 Å². The summed E-state index contributed by atoms with van der Waals surface area (Å²) in [5, 5.41) is 12.8. The Kier molecular flexibility index (Phi) is 1.83. The molecule has 4 heteroatoms. The van der Waals surface area contributed by atoms with Gasteiger partial charge in [0.1, 0.15) is 0 Å². The van der Waals surface area contributed by atoms with Crippen LogP contribution in [-0.4, -0.2) is 20.9 Å². The van der Waals surface area contributed by atoms with E-state index in [1.54, 1.807) is 6.20 Å². The summed E-state index contributed by atoms with van der Waals surface area (Å²) in [5.41, 5.74) is 1.84. The number of nitrogens with zero attached hydrogens (tertiary/aromatic N) is 2. The van der Waals surface area contributed by atoms with Crippen molar-refractivity contribution in [3.63, 3.8) is 0 Å². The van der Waals surface area contributed by atoms with Crippen molar-refractivity contribution in [3.8, 4) is 0 Å². The van der Waals surface area contributed by atoms with Gasteiger partial charge in [-0.05, 0) is 19.8 Å². The van der Waals surface area contributed by atoms with Crippen molar-refractivity contribution < 1.29 is 9.90 Å². The summed E-state index contributed by atoms with van der Waals surface area (Å²) in [7, 11) is 0. The van der Waals surface area contributed by atoms with E-state index in [2.05, 4.69) is 5.10 Å². The largest absolute Gasteiger partial charge is 0.481 e. The minimum Gasteiger partial charge on any atom is -0.481 e. The molecule has 4 nitrogen and oxygen atoms in total. The molecule has 0 aromatic carbocycles. The second-order valence-corrected chi connectivity index (χ2v) is 3.50. The number of carboxylic acid groups (broad SMARTS) is 1. The van der Waals surface area contributed by atoms with Gasteiger partial charge in [0.15, 0.2) is 0 Å². The molecule has 0 radical (unpaired) electrons. The van der Waals surface area contributed by atoms with E-state index in [4.69, 9.17) is 5.11 Å². The fourth-order valence-electron chi connectivity index (χ4n) is 1.48. The lowest BCUT2D eigenvalue weighted by atomic mass is 10.2. The molecule has 1 aromatic rings. The third kappa shape index (κ3) is 1.56. The highest BCUT2D eigenvalue weighted by Gasteiger charge is 2.26. The maximum atomic E-state index is 10.5. The summed E-state index contributed by atoms with van der Waals surface area (Å²) >= 11 is 0. The van der Waals surface area contributed by atoms with Crippen LogP contribution < -0.4 is 0 Å². The van der Waals surface area contributed by atoms with Crippen LogP contribution in [0.4, 0.5) is 0 Å². The maximum Gasteiger partial charge on any atom is 0.307 e. The monoisotopic (exact) mass is 180 g/mol. The van der Waals surface area contributed by atoms with Gasteiger partial charge in [-0.2, -0.15) is 5.10 Å². The van der Waals surface area contributed by atoms with Crippen LogP contribution in [0.1, 0.15) is 30.1 Å². The Hall–Kier alpha value is -1.32. The molecule has 0 unspecified atom stereocenters. The molecule has 2 rings (SSSR count). The second kappa shape index (κ2) is 2.87. The van der Waals surface area contributed by atoms with Crippen LogP contribution in [0.5, 0.6) is 0 Å². The van der Waals surface area contributed by atoms with Crippen LogP contribution in [0, 0.1) is 6.92 Å². The van der Waals surface area contributed by atoms with E-state index >= 15 is 0 Å². The van der Waals surface area contributed by atoms with Crippen molar-refractivity contribution in [2.45, 2.75) is 32.2 Å². The number of carboxylic acids is 1. The van der Waals surface area contributed by atoms with E-state index in [0.717, 1.165) is 11.3 Å². The number of aliphatic carboxylic acids is 1. The van der Waals surface area contributed by atoms with Gasteiger partial charge in [-0.3, -0.25) is 9.48 Å². The SMILES string of the molecule is Cc1c(CC(=O)O)cnn1C1CC1. The maximum absolute atomic E-state index is 10.5. The summed E-state index contributed by atoms with van der Waals surface area (Å²) in [6, 6.07) is 0.530. The summed E-state index contributed by atoms with van der Waals surface area (Å²) in [5.74, 6) is -0.793. The van der Waals surface area contributed by atoms with Gasteiger partial charge in [0.05, 0.1) is 18.7 Å². The Morgan fingerprint density at radius 3 is 3.00 bits per heavy atom. The van der Waals surface area contributed by atoms with Gasteiger partial charge < -0.3 is 5.11 Å². The summed E-state index contributed by atoms with van der Waals surface area (Å²) < 4.78 is 1.94. The molecular weight excluding hydrogens is 168 g/mol. The van der Waals surface area contributed by atoms with Gasteiger partial charge in [-0.15, -0.1) is 0 Å². The standard InChI is InChI=1S/C9H12N2O2/c1-6-7(4-9(12)13)5-10-11(6)8-2-3-8/h5,8H,2-4H2,1H3,(H,12,13). The smallest absolute Gasteiger partial charge is 0.307 e. The quantitative estimate of drug-likeness (QED) is 0.759. The van der Waals surface area contributed by atoms with E-state index in [0.29, 0.717) is 6.04 Å². The lowest BCUT2D eigenvalue weighted by Crippen LogP contribution is -2.03. The molecular formula is C9H12N2O2. The highest BCUT2D eigenvalue weighted by Crippen LogP contribution is 2.35. The molecule has 1 aliphatic carbocycles. The van der Waals surface area contributed by atoms with Crippen molar-refractivity contribution in [3.05, 3.63) is 17.5 Å². The molecule has 1 N–H and O–H groups in total. The van der Waals surface area contributed by atoms with E-state index in [1.165, 1.54) is 12.8 Å². The van der Waals surface area contributed by atoms with E-state index in [-0.39, 0.29) is 6.42 Å². The third-order valence-electron chi connectivity index (χ3n) is 2.38. The predicted molar refractivity (Wildman–Crippen MR) is 46.6 cm³/mol. The van der Waals surface area contributed by atoms with Gasteiger partial charge in [0.2, 0.25) is 0 Å². The Bertz CT molecular complexity index is 339. The van der Waals surface area contributed by atoms with Crippen LogP contribution in [0.3, 0.4) is 0 Å². The van der Waals surface area contributed by atoms with Gasteiger partial charge in [0, 0.05) is 11.3 Å². The number of rotatable bonds is 3. The molecule has 1 heterocycles. The summed E-state index contributed by atoms with van der Waals surface area (Å²) in [6.07, 6.45) is 4.10. The van der Waals surface area contributed by atoms with Crippen molar-refractivity contribution in [2.75, 3.05) is 0 Å². The van der Waals surface area contributed by atoms with Crippen LogP contribution in [0.15, 0.2) is 6.20 Å². The molecule has 13 heavy (non-hydrogen) atoms. The third-order valence-corrected chi connectivity index (χ3v) is 2.38. The average molecular weight is 180 g/mol. The zero-order valence-corrected chi connectivity index (χ0v) is 7.53. The van der Waals surface area contributed by atoms with Crippen LogP contribution >= 0.6 is 0 Å². The van der Waals surface area contributed by atoms with Gasteiger partial charge in [0.25, 0.3) is 0 Å². The van der Waals surface area contributed by atoms with Crippen molar-refractivity contribution in [1.82, 2.24) is 9.78 Å². The number of hydrogen-bond acceptors (Lipinski definition) is 2. The topological polar surface area (TPSA) is 55.1 Å². The lowest BCUT2D eigenvalue weighted by molar-refractivity contribution is -0.136. The summed E-state index contributed by atoms with van der Waals surface area (Å²) in [6.45, 7) is 1.93. The molecule has 0 amide bonds. The zero-order valence-electron chi connectivity index (χ0n) is 7.53. The second-order valence-electron chi connectivity index (χ2n) is 3.50. The molecule has 1 aromatic heterocycles. The fourth-order valence-corrected chi connectivity index (χ4v) is 1.48. The molecule has 70 valence electrons.